The van der Waals surface area contributed by atoms with E-state index in [-0.39, 0.29) is 11.5 Å². The number of benzene rings is 3. The summed E-state index contributed by atoms with van der Waals surface area (Å²) in [6, 6.07) is 18.4. The number of nitrogens with zero attached hydrogens (tertiary/aromatic N) is 4. The van der Waals surface area contributed by atoms with E-state index in [9.17, 15) is 14.5 Å². The highest BCUT2D eigenvalue weighted by Crippen LogP contribution is 2.34. The number of pyridine rings is 1. The zero-order chi connectivity index (χ0) is 20.8. The molecule has 146 valence electrons. The fourth-order valence-corrected chi connectivity index (χ4v) is 3.64. The number of nitro benzene ring substituents is 1. The fourth-order valence-electron chi connectivity index (χ4n) is 3.64. The Labute approximate surface area is 170 Å². The molecule has 0 unspecified atom stereocenters. The molecule has 0 amide bonds. The predicted octanol–water partition coefficient (Wildman–Crippen LogP) is 5.60. The van der Waals surface area contributed by atoms with E-state index in [1.807, 2.05) is 25.1 Å². The molecule has 0 aliphatic rings. The fraction of sp³-hybridized carbons (Fsp3) is 0.0435. The number of aromatic nitrogens is 3. The third-order valence-electron chi connectivity index (χ3n) is 5.06. The number of fused-ring (bicyclic) bond motifs is 3. The van der Waals surface area contributed by atoms with E-state index in [1.165, 1.54) is 24.3 Å². The first-order chi connectivity index (χ1) is 14.5. The second-order valence-electron chi connectivity index (χ2n) is 7.09. The quantitative estimate of drug-likeness (QED) is 0.293. The van der Waals surface area contributed by atoms with E-state index < -0.39 is 4.92 Å². The van der Waals surface area contributed by atoms with Crippen LogP contribution in [-0.4, -0.2) is 19.7 Å². The largest absolute Gasteiger partial charge is 0.271 e. The lowest BCUT2D eigenvalue weighted by Gasteiger charge is -2.06. The average Bonchev–Trinajstić information content (AvgIpc) is 3.14. The van der Waals surface area contributed by atoms with Crippen LogP contribution in [0.5, 0.6) is 0 Å². The van der Waals surface area contributed by atoms with E-state index in [1.54, 1.807) is 35.1 Å². The van der Waals surface area contributed by atoms with Gasteiger partial charge in [0.1, 0.15) is 11.5 Å². The molecule has 2 aromatic heterocycles. The SMILES string of the molecule is Cc1ccc2ncc3c(-c4ccc(F)cc4)nn(-c4cccc([N+](=O)[O-])c4)c3c2c1. The van der Waals surface area contributed by atoms with Crippen molar-refractivity contribution in [3.63, 3.8) is 0 Å². The van der Waals surface area contributed by atoms with Gasteiger partial charge in [0.25, 0.3) is 5.69 Å². The summed E-state index contributed by atoms with van der Waals surface area (Å²) in [6.45, 7) is 1.99. The van der Waals surface area contributed by atoms with E-state index >= 15 is 0 Å². The number of nitro groups is 1. The maximum Gasteiger partial charge on any atom is 0.271 e. The normalized spacial score (nSPS) is 11.3. The Morgan fingerprint density at radius 3 is 2.57 bits per heavy atom. The molecule has 0 aliphatic carbocycles. The van der Waals surface area contributed by atoms with Crippen LogP contribution in [0.4, 0.5) is 10.1 Å². The molecule has 0 saturated carbocycles. The van der Waals surface area contributed by atoms with E-state index in [4.69, 9.17) is 5.10 Å². The van der Waals surface area contributed by atoms with Crippen LogP contribution < -0.4 is 0 Å². The molecule has 0 saturated heterocycles. The summed E-state index contributed by atoms with van der Waals surface area (Å²) >= 11 is 0. The number of non-ortho nitro benzene ring substituents is 1. The summed E-state index contributed by atoms with van der Waals surface area (Å²) in [5.74, 6) is -0.333. The highest BCUT2D eigenvalue weighted by Gasteiger charge is 2.18. The van der Waals surface area contributed by atoms with E-state index in [0.29, 0.717) is 11.4 Å². The maximum absolute atomic E-state index is 13.5. The molecule has 0 bridgehead atoms. The smallest absolute Gasteiger partial charge is 0.258 e. The molecule has 3 aromatic carbocycles. The van der Waals surface area contributed by atoms with Gasteiger partial charge in [0.2, 0.25) is 0 Å². The molecule has 0 fully saturated rings. The van der Waals surface area contributed by atoms with Gasteiger partial charge in [-0.15, -0.1) is 0 Å². The van der Waals surface area contributed by atoms with Crippen molar-refractivity contribution in [2.45, 2.75) is 6.92 Å². The minimum absolute atomic E-state index is 0.0194. The Bertz CT molecular complexity index is 1440. The van der Waals surface area contributed by atoms with Crippen LogP contribution in [0.25, 0.3) is 38.8 Å². The van der Waals surface area contributed by atoms with Crippen molar-refractivity contribution in [1.82, 2.24) is 14.8 Å². The number of hydrogen-bond acceptors (Lipinski definition) is 4. The molecule has 0 aliphatic heterocycles. The standard InChI is InChI=1S/C23H15FN4O2/c1-14-5-10-21-19(11-14)23-20(13-25-21)22(15-6-8-16(24)9-7-15)26-27(23)17-3-2-4-18(12-17)28(29)30/h2-13H,1H3. The lowest BCUT2D eigenvalue weighted by molar-refractivity contribution is -0.384. The molecule has 30 heavy (non-hydrogen) atoms. The van der Waals surface area contributed by atoms with Crippen molar-refractivity contribution in [2.75, 3.05) is 0 Å². The van der Waals surface area contributed by atoms with Crippen LogP contribution in [-0.2, 0) is 0 Å². The van der Waals surface area contributed by atoms with Crippen molar-refractivity contribution >= 4 is 27.5 Å². The first-order valence-corrected chi connectivity index (χ1v) is 9.30. The Morgan fingerprint density at radius 1 is 1.00 bits per heavy atom. The molecule has 5 aromatic rings. The van der Waals surface area contributed by atoms with Gasteiger partial charge in [-0.3, -0.25) is 15.1 Å². The zero-order valence-electron chi connectivity index (χ0n) is 15.9. The molecule has 5 rings (SSSR count). The van der Waals surface area contributed by atoms with Crippen LogP contribution in [0, 0.1) is 22.9 Å². The van der Waals surface area contributed by atoms with E-state index in [0.717, 1.165) is 32.9 Å². The second-order valence-corrected chi connectivity index (χ2v) is 7.09. The van der Waals surface area contributed by atoms with Gasteiger partial charge >= 0.3 is 0 Å². The van der Waals surface area contributed by atoms with Crippen LogP contribution in [0.15, 0.2) is 72.9 Å². The van der Waals surface area contributed by atoms with Gasteiger partial charge in [0.15, 0.2) is 0 Å². The summed E-state index contributed by atoms with van der Waals surface area (Å²) in [7, 11) is 0. The number of halogens is 1. The van der Waals surface area contributed by atoms with Crippen molar-refractivity contribution in [3.05, 3.63) is 94.4 Å². The lowest BCUT2D eigenvalue weighted by Crippen LogP contribution is -1.99. The molecular weight excluding hydrogens is 383 g/mol. The molecular formula is C23H15FN4O2. The Morgan fingerprint density at radius 2 is 1.80 bits per heavy atom. The molecule has 0 spiro atoms. The summed E-state index contributed by atoms with van der Waals surface area (Å²) in [6.07, 6.45) is 1.74. The summed E-state index contributed by atoms with van der Waals surface area (Å²) in [5.41, 5.74) is 4.57. The average molecular weight is 398 g/mol. The van der Waals surface area contributed by atoms with Crippen molar-refractivity contribution in [2.24, 2.45) is 0 Å². The summed E-state index contributed by atoms with van der Waals surface area (Å²) < 4.78 is 15.2. The topological polar surface area (TPSA) is 73.8 Å². The molecule has 0 N–H and O–H groups in total. The number of rotatable bonds is 3. The van der Waals surface area contributed by atoms with Crippen molar-refractivity contribution in [3.8, 4) is 16.9 Å². The number of hydrogen-bond donors (Lipinski definition) is 0. The molecule has 0 atom stereocenters. The van der Waals surface area contributed by atoms with Gasteiger partial charge in [0.05, 0.1) is 21.6 Å². The van der Waals surface area contributed by atoms with Crippen LogP contribution in [0.1, 0.15) is 5.56 Å². The van der Waals surface area contributed by atoms with Gasteiger partial charge in [0, 0.05) is 34.7 Å². The third-order valence-corrected chi connectivity index (χ3v) is 5.06. The first-order valence-electron chi connectivity index (χ1n) is 9.30. The van der Waals surface area contributed by atoms with Crippen molar-refractivity contribution in [1.29, 1.82) is 0 Å². The summed E-state index contributed by atoms with van der Waals surface area (Å²) in [5, 5.41) is 17.7. The molecule has 0 radical (unpaired) electrons. The maximum atomic E-state index is 13.5. The minimum atomic E-state index is -0.431. The van der Waals surface area contributed by atoms with Gasteiger partial charge < -0.3 is 0 Å². The molecule has 6 nitrogen and oxygen atoms in total. The highest BCUT2D eigenvalue weighted by atomic mass is 19.1. The molecule has 2 heterocycles. The zero-order valence-corrected chi connectivity index (χ0v) is 15.9. The lowest BCUT2D eigenvalue weighted by atomic mass is 10.1. The minimum Gasteiger partial charge on any atom is -0.258 e. The van der Waals surface area contributed by atoms with Gasteiger partial charge in [-0.05, 0) is 49.4 Å². The molecule has 7 heteroatoms. The highest BCUT2D eigenvalue weighted by molar-refractivity contribution is 6.08. The monoisotopic (exact) mass is 398 g/mol. The van der Waals surface area contributed by atoms with Crippen LogP contribution in [0.3, 0.4) is 0 Å². The Kier molecular flexibility index (Phi) is 4.03. The first kappa shape index (κ1) is 17.9. The number of aryl methyl sites for hydroxylation is 1. The summed E-state index contributed by atoms with van der Waals surface area (Å²) in [4.78, 5) is 15.4. The Balaban J connectivity index is 1.89. The Hall–Kier alpha value is -4.13. The predicted molar refractivity (Wildman–Crippen MR) is 113 cm³/mol. The van der Waals surface area contributed by atoms with Gasteiger partial charge in [-0.25, -0.2) is 9.07 Å². The van der Waals surface area contributed by atoms with Crippen LogP contribution in [0.2, 0.25) is 0 Å². The van der Waals surface area contributed by atoms with Gasteiger partial charge in [-0.2, -0.15) is 5.10 Å². The second kappa shape index (κ2) is 6.73. The van der Waals surface area contributed by atoms with E-state index in [2.05, 4.69) is 4.98 Å². The third kappa shape index (κ3) is 2.88. The van der Waals surface area contributed by atoms with Gasteiger partial charge in [-0.1, -0.05) is 17.7 Å². The van der Waals surface area contributed by atoms with Crippen LogP contribution >= 0.6 is 0 Å². The van der Waals surface area contributed by atoms with Crippen molar-refractivity contribution < 1.29 is 9.31 Å².